The van der Waals surface area contributed by atoms with Gasteiger partial charge in [0.05, 0.1) is 19.8 Å². The number of rotatable bonds is 39. The fraction of sp³-hybridized carbons (Fsp3) is 0.977. The van der Waals surface area contributed by atoms with Gasteiger partial charge in [-0.2, -0.15) is 0 Å². The van der Waals surface area contributed by atoms with Crippen molar-refractivity contribution in [3.8, 4) is 0 Å². The molecule has 0 saturated carbocycles. The third-order valence-corrected chi connectivity index (χ3v) is 10.8. The zero-order valence-corrected chi connectivity index (χ0v) is 34.5. The molecule has 4 N–H and O–H groups in total. The van der Waals surface area contributed by atoms with E-state index in [4.69, 9.17) is 18.9 Å². The molecule has 1 aliphatic heterocycles. The van der Waals surface area contributed by atoms with E-state index in [9.17, 15) is 25.2 Å². The molecular formula is C44H86O9. The minimum atomic E-state index is -1.53. The van der Waals surface area contributed by atoms with Gasteiger partial charge in [0.1, 0.15) is 30.5 Å². The number of aliphatic hydroxyl groups excluding tert-OH is 4. The second-order valence-corrected chi connectivity index (χ2v) is 15.9. The molecule has 0 spiro atoms. The first kappa shape index (κ1) is 50.2. The molecule has 0 aromatic rings. The van der Waals surface area contributed by atoms with Gasteiger partial charge >= 0.3 is 5.97 Å². The first-order chi connectivity index (χ1) is 25.9. The maximum absolute atomic E-state index is 12.7. The van der Waals surface area contributed by atoms with Crippen LogP contribution in [-0.4, -0.2) is 89.6 Å². The Bertz CT molecular complexity index is 782. The third kappa shape index (κ3) is 28.3. The predicted octanol–water partition coefficient (Wildman–Crippen LogP) is 9.86. The summed E-state index contributed by atoms with van der Waals surface area (Å²) in [5.74, 6) is -0.314. The molecule has 0 aromatic carbocycles. The van der Waals surface area contributed by atoms with Crippen molar-refractivity contribution in [1.82, 2.24) is 0 Å². The van der Waals surface area contributed by atoms with Gasteiger partial charge in [-0.25, -0.2) is 0 Å². The van der Waals surface area contributed by atoms with Crippen molar-refractivity contribution in [3.63, 3.8) is 0 Å². The quantitative estimate of drug-likeness (QED) is 0.0357. The summed E-state index contributed by atoms with van der Waals surface area (Å²) >= 11 is 0. The highest BCUT2D eigenvalue weighted by Gasteiger charge is 2.44. The van der Waals surface area contributed by atoms with Crippen LogP contribution in [0.25, 0.3) is 0 Å². The highest BCUT2D eigenvalue weighted by atomic mass is 16.7. The van der Waals surface area contributed by atoms with Crippen molar-refractivity contribution in [3.05, 3.63) is 0 Å². The highest BCUT2D eigenvalue weighted by molar-refractivity contribution is 5.69. The predicted molar refractivity (Wildman–Crippen MR) is 215 cm³/mol. The largest absolute Gasteiger partial charge is 0.457 e. The second-order valence-electron chi connectivity index (χ2n) is 15.9. The van der Waals surface area contributed by atoms with Crippen molar-refractivity contribution >= 4 is 5.97 Å². The van der Waals surface area contributed by atoms with E-state index in [1.165, 1.54) is 161 Å². The molecule has 1 heterocycles. The summed E-state index contributed by atoms with van der Waals surface area (Å²) in [7, 11) is 0. The van der Waals surface area contributed by atoms with Crippen molar-refractivity contribution in [1.29, 1.82) is 0 Å². The lowest BCUT2D eigenvalue weighted by Gasteiger charge is -2.39. The summed E-state index contributed by atoms with van der Waals surface area (Å²) in [6.07, 6.45) is 31.5. The van der Waals surface area contributed by atoms with Crippen LogP contribution in [0, 0.1) is 0 Å². The van der Waals surface area contributed by atoms with Crippen molar-refractivity contribution in [2.24, 2.45) is 0 Å². The first-order valence-corrected chi connectivity index (χ1v) is 22.6. The van der Waals surface area contributed by atoms with Crippen LogP contribution >= 0.6 is 0 Å². The zero-order chi connectivity index (χ0) is 38.6. The Labute approximate surface area is 325 Å². The molecule has 0 radical (unpaired) electrons. The smallest absolute Gasteiger partial charge is 0.306 e. The number of carbonyl (C=O) groups is 1. The number of hydrogen-bond donors (Lipinski definition) is 4. The van der Waals surface area contributed by atoms with Gasteiger partial charge in [-0.3, -0.25) is 4.79 Å². The fourth-order valence-corrected chi connectivity index (χ4v) is 7.20. The monoisotopic (exact) mass is 759 g/mol. The van der Waals surface area contributed by atoms with E-state index < -0.39 is 43.4 Å². The van der Waals surface area contributed by atoms with E-state index in [0.29, 0.717) is 13.0 Å². The molecule has 9 nitrogen and oxygen atoms in total. The van der Waals surface area contributed by atoms with E-state index in [1.807, 2.05) is 0 Å². The lowest BCUT2D eigenvalue weighted by Crippen LogP contribution is -2.59. The van der Waals surface area contributed by atoms with Gasteiger partial charge in [0, 0.05) is 13.0 Å². The van der Waals surface area contributed by atoms with Gasteiger partial charge in [-0.15, -0.1) is 0 Å². The van der Waals surface area contributed by atoms with Crippen molar-refractivity contribution in [2.45, 2.75) is 250 Å². The lowest BCUT2D eigenvalue weighted by molar-refractivity contribution is -0.305. The average molecular weight is 759 g/mol. The Balaban J connectivity index is 2.14. The number of hydrogen-bond acceptors (Lipinski definition) is 9. The van der Waals surface area contributed by atoms with Gasteiger partial charge in [-0.1, -0.05) is 194 Å². The van der Waals surface area contributed by atoms with Crippen LogP contribution < -0.4 is 0 Å². The molecule has 0 bridgehead atoms. The Kier molecular flexibility index (Phi) is 34.9. The number of carbonyl (C=O) groups excluding carboxylic acids is 1. The molecule has 9 heteroatoms. The van der Waals surface area contributed by atoms with Crippen LogP contribution in [-0.2, 0) is 23.7 Å². The minimum absolute atomic E-state index is 0.106. The zero-order valence-electron chi connectivity index (χ0n) is 34.5. The molecule has 0 amide bonds. The highest BCUT2D eigenvalue weighted by Crippen LogP contribution is 2.23. The van der Waals surface area contributed by atoms with Crippen LogP contribution in [0.15, 0.2) is 0 Å². The van der Waals surface area contributed by atoms with E-state index in [2.05, 4.69) is 13.8 Å². The lowest BCUT2D eigenvalue weighted by atomic mass is 9.99. The van der Waals surface area contributed by atoms with Crippen molar-refractivity contribution in [2.75, 3.05) is 26.4 Å². The minimum Gasteiger partial charge on any atom is -0.457 e. The normalized spacial score (nSPS) is 20.9. The summed E-state index contributed by atoms with van der Waals surface area (Å²) in [5, 5.41) is 40.0. The van der Waals surface area contributed by atoms with Gasteiger partial charge in [0.15, 0.2) is 6.29 Å². The van der Waals surface area contributed by atoms with E-state index in [0.717, 1.165) is 32.1 Å². The molecular weight excluding hydrogens is 672 g/mol. The Morgan fingerprint density at radius 3 is 1.34 bits per heavy atom. The maximum atomic E-state index is 12.7. The molecule has 6 unspecified atom stereocenters. The number of esters is 1. The van der Waals surface area contributed by atoms with Crippen LogP contribution in [0.1, 0.15) is 213 Å². The first-order valence-electron chi connectivity index (χ1n) is 22.6. The summed E-state index contributed by atoms with van der Waals surface area (Å²) in [6.45, 7) is 4.57. The standard InChI is InChI=1S/C44H86O9/c1-3-5-7-9-11-13-14-15-16-17-18-19-20-21-22-23-24-25-26-28-30-32-34-50-36-38(52-40(46)33-31-29-27-12-10-8-6-4-2)37-51-44-43(49)42(48)41(47)39(35-45)53-44/h38-39,41-45,47-49H,3-37H2,1-2H3. The molecule has 1 saturated heterocycles. The number of ether oxygens (including phenoxy) is 4. The summed E-state index contributed by atoms with van der Waals surface area (Å²) in [6, 6.07) is 0. The fourth-order valence-electron chi connectivity index (χ4n) is 7.20. The Morgan fingerprint density at radius 1 is 0.528 bits per heavy atom. The Morgan fingerprint density at radius 2 is 0.925 bits per heavy atom. The van der Waals surface area contributed by atoms with Crippen LogP contribution in [0.4, 0.5) is 0 Å². The van der Waals surface area contributed by atoms with Crippen LogP contribution in [0.3, 0.4) is 0 Å². The van der Waals surface area contributed by atoms with E-state index >= 15 is 0 Å². The van der Waals surface area contributed by atoms with Gasteiger partial charge < -0.3 is 39.4 Å². The SMILES string of the molecule is CCCCCCCCCCCCCCCCCCCCCCCCOCC(COC1OC(CO)C(O)C(O)C1O)OC(=O)CCCCCCCCCC. The third-order valence-electron chi connectivity index (χ3n) is 10.8. The summed E-state index contributed by atoms with van der Waals surface area (Å²) < 4.78 is 22.7. The van der Waals surface area contributed by atoms with E-state index in [1.54, 1.807) is 0 Å². The summed E-state index contributed by atoms with van der Waals surface area (Å²) in [5.41, 5.74) is 0. The maximum Gasteiger partial charge on any atom is 0.306 e. The van der Waals surface area contributed by atoms with Gasteiger partial charge in [-0.05, 0) is 12.8 Å². The van der Waals surface area contributed by atoms with Gasteiger partial charge in [0.2, 0.25) is 0 Å². The van der Waals surface area contributed by atoms with Crippen LogP contribution in [0.5, 0.6) is 0 Å². The molecule has 1 rings (SSSR count). The van der Waals surface area contributed by atoms with Crippen molar-refractivity contribution < 1.29 is 44.2 Å². The summed E-state index contributed by atoms with van der Waals surface area (Å²) in [4.78, 5) is 12.7. The molecule has 1 aliphatic rings. The van der Waals surface area contributed by atoms with E-state index in [-0.39, 0.29) is 19.2 Å². The topological polar surface area (TPSA) is 135 Å². The van der Waals surface area contributed by atoms with Gasteiger partial charge in [0.25, 0.3) is 0 Å². The molecule has 1 fully saturated rings. The average Bonchev–Trinajstić information content (AvgIpc) is 3.16. The van der Waals surface area contributed by atoms with Crippen LogP contribution in [0.2, 0.25) is 0 Å². The molecule has 316 valence electrons. The molecule has 0 aromatic heterocycles. The molecule has 0 aliphatic carbocycles. The molecule has 6 atom stereocenters. The number of aliphatic hydroxyl groups is 4. The Hall–Kier alpha value is -0.810. The molecule has 53 heavy (non-hydrogen) atoms. The number of unbranched alkanes of at least 4 members (excludes halogenated alkanes) is 28. The second kappa shape index (κ2) is 36.8.